The molecule has 0 aromatic heterocycles. The molecule has 2 rings (SSSR count). The molecule has 0 bridgehead atoms. The number of hydrogen-bond acceptors (Lipinski definition) is 5. The van der Waals surface area contributed by atoms with E-state index in [4.69, 9.17) is 5.11 Å². The Balaban J connectivity index is 2.19. The summed E-state index contributed by atoms with van der Waals surface area (Å²) in [7, 11) is 0. The highest BCUT2D eigenvalue weighted by Gasteiger charge is 2.35. The van der Waals surface area contributed by atoms with Gasteiger partial charge in [0.05, 0.1) is 25.0 Å². The molecule has 1 heterocycles. The molecule has 1 unspecified atom stereocenters. The first kappa shape index (κ1) is 16.9. The summed E-state index contributed by atoms with van der Waals surface area (Å²) in [4.78, 5) is 13.2. The Morgan fingerprint density at radius 2 is 2.18 bits per heavy atom. The first-order valence-corrected chi connectivity index (χ1v) is 7.41. The molecular weight excluding hydrogens is 323 g/mol. The lowest BCUT2D eigenvalue weighted by atomic mass is 10.2. The summed E-state index contributed by atoms with van der Waals surface area (Å²) in [5.41, 5.74) is 0.461. The average Bonchev–Trinajstić information content (AvgIpc) is 2.78. The predicted octanol–water partition coefficient (Wildman–Crippen LogP) is 1.51. The standard InChI is InChI=1S/C13H14F3NO4S/c14-13(15,16)21-10-3-1-2-8(4-10)12-17(5-9(19)6-18)11(20)7-22-12/h1-4,9,12,18-19H,5-7H2/t9?,12-/m0/s1. The highest BCUT2D eigenvalue weighted by atomic mass is 32.2. The number of aliphatic hydroxyl groups excluding tert-OH is 2. The van der Waals surface area contributed by atoms with Crippen molar-refractivity contribution in [2.45, 2.75) is 17.8 Å². The minimum Gasteiger partial charge on any atom is -0.406 e. The van der Waals surface area contributed by atoms with Gasteiger partial charge in [-0.05, 0) is 17.7 Å². The molecule has 0 radical (unpaired) electrons. The molecule has 22 heavy (non-hydrogen) atoms. The fraction of sp³-hybridized carbons (Fsp3) is 0.462. The zero-order chi connectivity index (χ0) is 16.3. The van der Waals surface area contributed by atoms with Gasteiger partial charge in [0.15, 0.2) is 0 Å². The lowest BCUT2D eigenvalue weighted by Gasteiger charge is -2.26. The van der Waals surface area contributed by atoms with Gasteiger partial charge in [-0.3, -0.25) is 4.79 Å². The van der Waals surface area contributed by atoms with Crippen molar-refractivity contribution in [3.05, 3.63) is 29.8 Å². The maximum atomic E-state index is 12.3. The Morgan fingerprint density at radius 3 is 2.82 bits per heavy atom. The molecule has 9 heteroatoms. The number of amides is 1. The molecule has 0 saturated carbocycles. The topological polar surface area (TPSA) is 70.0 Å². The Morgan fingerprint density at radius 1 is 1.45 bits per heavy atom. The quantitative estimate of drug-likeness (QED) is 0.852. The van der Waals surface area contributed by atoms with Crippen LogP contribution in [-0.4, -0.2) is 52.4 Å². The van der Waals surface area contributed by atoms with Gasteiger partial charge in [-0.15, -0.1) is 24.9 Å². The number of aliphatic hydroxyl groups is 2. The van der Waals surface area contributed by atoms with Crippen molar-refractivity contribution in [2.75, 3.05) is 18.9 Å². The van der Waals surface area contributed by atoms with E-state index in [0.717, 1.165) is 0 Å². The van der Waals surface area contributed by atoms with Crippen LogP contribution < -0.4 is 4.74 Å². The van der Waals surface area contributed by atoms with Crippen molar-refractivity contribution in [2.24, 2.45) is 0 Å². The zero-order valence-electron chi connectivity index (χ0n) is 11.3. The normalized spacial score (nSPS) is 20.3. The van der Waals surface area contributed by atoms with E-state index in [9.17, 15) is 23.1 Å². The molecule has 1 aliphatic heterocycles. The molecule has 1 aliphatic rings. The van der Waals surface area contributed by atoms with Gasteiger partial charge in [0.2, 0.25) is 5.91 Å². The first-order chi connectivity index (χ1) is 10.3. The van der Waals surface area contributed by atoms with Gasteiger partial charge in [0.25, 0.3) is 0 Å². The molecule has 2 N–H and O–H groups in total. The molecule has 0 aliphatic carbocycles. The zero-order valence-corrected chi connectivity index (χ0v) is 12.1. The summed E-state index contributed by atoms with van der Waals surface area (Å²) >= 11 is 1.24. The summed E-state index contributed by atoms with van der Waals surface area (Å²) in [6.07, 6.45) is -5.89. The van der Waals surface area contributed by atoms with Gasteiger partial charge in [-0.2, -0.15) is 0 Å². The molecule has 1 amide bonds. The molecule has 1 saturated heterocycles. The Hall–Kier alpha value is -1.45. The number of nitrogens with zero attached hydrogens (tertiary/aromatic N) is 1. The fourth-order valence-electron chi connectivity index (χ4n) is 2.08. The van der Waals surface area contributed by atoms with Crippen LogP contribution in [0.15, 0.2) is 24.3 Å². The van der Waals surface area contributed by atoms with Crippen LogP contribution in [0.5, 0.6) is 5.75 Å². The van der Waals surface area contributed by atoms with E-state index < -0.39 is 24.4 Å². The molecule has 5 nitrogen and oxygen atoms in total. The van der Waals surface area contributed by atoms with E-state index in [0.29, 0.717) is 5.56 Å². The summed E-state index contributed by atoms with van der Waals surface area (Å²) in [5, 5.41) is 17.8. The van der Waals surface area contributed by atoms with Gasteiger partial charge < -0.3 is 19.8 Å². The smallest absolute Gasteiger partial charge is 0.406 e. The number of rotatable bonds is 5. The Kier molecular flexibility index (Phi) is 5.20. The van der Waals surface area contributed by atoms with Gasteiger partial charge in [-0.25, -0.2) is 0 Å². The van der Waals surface area contributed by atoms with Crippen molar-refractivity contribution < 1.29 is 32.9 Å². The number of halogens is 3. The van der Waals surface area contributed by atoms with Gasteiger partial charge in [0, 0.05) is 0 Å². The number of thioether (sulfide) groups is 1. The van der Waals surface area contributed by atoms with Crippen LogP contribution >= 0.6 is 11.8 Å². The SMILES string of the molecule is O=C1CS[C@@H](c2cccc(OC(F)(F)F)c2)N1CC(O)CO. The molecule has 1 aromatic carbocycles. The highest BCUT2D eigenvalue weighted by Crippen LogP contribution is 2.40. The summed E-state index contributed by atoms with van der Waals surface area (Å²) in [6, 6.07) is 5.37. The van der Waals surface area contributed by atoms with Gasteiger partial charge >= 0.3 is 6.36 Å². The van der Waals surface area contributed by atoms with E-state index in [2.05, 4.69) is 4.74 Å². The molecule has 122 valence electrons. The van der Waals surface area contributed by atoms with Crippen LogP contribution in [0.2, 0.25) is 0 Å². The summed E-state index contributed by atoms with van der Waals surface area (Å²) in [5.74, 6) is -0.454. The van der Waals surface area contributed by atoms with E-state index in [1.807, 2.05) is 0 Å². The first-order valence-electron chi connectivity index (χ1n) is 6.36. The van der Waals surface area contributed by atoms with Crippen molar-refractivity contribution in [1.29, 1.82) is 0 Å². The molecule has 2 atom stereocenters. The number of hydrogen-bond donors (Lipinski definition) is 2. The largest absolute Gasteiger partial charge is 0.573 e. The number of alkyl halides is 3. The van der Waals surface area contributed by atoms with Crippen LogP contribution in [0, 0.1) is 0 Å². The van der Waals surface area contributed by atoms with Gasteiger partial charge in [-0.1, -0.05) is 12.1 Å². The van der Waals surface area contributed by atoms with Crippen LogP contribution in [0.4, 0.5) is 13.2 Å². The van der Waals surface area contributed by atoms with Crippen LogP contribution in [0.1, 0.15) is 10.9 Å². The van der Waals surface area contributed by atoms with Crippen LogP contribution in [0.3, 0.4) is 0 Å². The van der Waals surface area contributed by atoms with Gasteiger partial charge in [0.1, 0.15) is 11.1 Å². The van der Waals surface area contributed by atoms with E-state index in [1.54, 1.807) is 6.07 Å². The number of benzene rings is 1. The number of β-amino-alcohol motifs (C(OH)–C–C–N with tert-alkyl or cyclic N) is 1. The maximum Gasteiger partial charge on any atom is 0.573 e. The Labute approximate surface area is 128 Å². The second-order valence-corrected chi connectivity index (χ2v) is 5.73. The average molecular weight is 337 g/mol. The predicted molar refractivity (Wildman–Crippen MR) is 73.1 cm³/mol. The second-order valence-electron chi connectivity index (χ2n) is 4.67. The van der Waals surface area contributed by atoms with Crippen molar-refractivity contribution in [3.8, 4) is 5.75 Å². The third-order valence-corrected chi connectivity index (χ3v) is 4.22. The van der Waals surface area contributed by atoms with Crippen molar-refractivity contribution >= 4 is 17.7 Å². The summed E-state index contributed by atoms with van der Waals surface area (Å²) in [6.45, 7) is -0.588. The third-order valence-electron chi connectivity index (χ3n) is 2.96. The number of ether oxygens (including phenoxy) is 1. The lowest BCUT2D eigenvalue weighted by molar-refractivity contribution is -0.274. The number of carbonyl (C=O) groups is 1. The van der Waals surface area contributed by atoms with E-state index in [-0.39, 0.29) is 24.0 Å². The van der Waals surface area contributed by atoms with Crippen molar-refractivity contribution in [3.63, 3.8) is 0 Å². The molecule has 1 aromatic rings. The van der Waals surface area contributed by atoms with E-state index in [1.165, 1.54) is 34.9 Å². The Bertz CT molecular complexity index is 540. The second kappa shape index (κ2) is 6.76. The molecule has 1 fully saturated rings. The third kappa shape index (κ3) is 4.28. The minimum absolute atomic E-state index is 0.0860. The lowest BCUT2D eigenvalue weighted by Crippen LogP contribution is -2.37. The molecule has 0 spiro atoms. The van der Waals surface area contributed by atoms with Crippen molar-refractivity contribution in [1.82, 2.24) is 4.90 Å². The van der Waals surface area contributed by atoms with E-state index >= 15 is 0 Å². The monoisotopic (exact) mass is 337 g/mol. The fourth-order valence-corrected chi connectivity index (χ4v) is 3.27. The highest BCUT2D eigenvalue weighted by molar-refractivity contribution is 8.00. The molecular formula is C13H14F3NO4S. The van der Waals surface area contributed by atoms with Crippen LogP contribution in [-0.2, 0) is 4.79 Å². The van der Waals surface area contributed by atoms with Crippen LogP contribution in [0.25, 0.3) is 0 Å². The summed E-state index contributed by atoms with van der Waals surface area (Å²) < 4.78 is 40.6. The minimum atomic E-state index is -4.79. The number of carbonyl (C=O) groups excluding carboxylic acids is 1. The maximum absolute atomic E-state index is 12.3.